The summed E-state index contributed by atoms with van der Waals surface area (Å²) in [6, 6.07) is 6.22. The smallest absolute Gasteiger partial charge is 0.0658 e. The van der Waals surface area contributed by atoms with E-state index in [1.54, 1.807) is 6.07 Å². The quantitative estimate of drug-likeness (QED) is 0.736. The Balaban J connectivity index is 2.08. The summed E-state index contributed by atoms with van der Waals surface area (Å²) >= 11 is 6.07. The number of nitrogen functional groups attached to an aromatic ring is 1. The summed E-state index contributed by atoms with van der Waals surface area (Å²) in [5, 5.41) is 4.17. The Hall–Kier alpha value is -0.890. The van der Waals surface area contributed by atoms with E-state index in [4.69, 9.17) is 17.3 Å². The summed E-state index contributed by atoms with van der Waals surface area (Å²) < 4.78 is 0. The Morgan fingerprint density at radius 1 is 1.29 bits per heavy atom. The van der Waals surface area contributed by atoms with Crippen molar-refractivity contribution in [3.05, 3.63) is 23.2 Å². The van der Waals surface area contributed by atoms with Crippen LogP contribution in [0.1, 0.15) is 25.7 Å². The zero-order valence-electron chi connectivity index (χ0n) is 8.09. The van der Waals surface area contributed by atoms with Gasteiger partial charge in [0.15, 0.2) is 0 Å². The topological polar surface area (TPSA) is 38.0 Å². The molecular weight excluding hydrogens is 196 g/mol. The highest BCUT2D eigenvalue weighted by molar-refractivity contribution is 6.33. The third-order valence-corrected chi connectivity index (χ3v) is 3.02. The molecule has 0 heterocycles. The minimum absolute atomic E-state index is 0.594. The van der Waals surface area contributed by atoms with Gasteiger partial charge in [-0.25, -0.2) is 0 Å². The molecule has 1 aliphatic carbocycles. The predicted octanol–water partition coefficient (Wildman–Crippen LogP) is 3.28. The van der Waals surface area contributed by atoms with Gasteiger partial charge in [-0.05, 0) is 31.0 Å². The molecule has 1 aliphatic rings. The fourth-order valence-electron chi connectivity index (χ4n) is 1.94. The van der Waals surface area contributed by atoms with Crippen molar-refractivity contribution >= 4 is 23.0 Å². The van der Waals surface area contributed by atoms with E-state index >= 15 is 0 Å². The standard InChI is InChI=1S/C11H15ClN2/c12-10-7-8(13)5-6-11(10)14-9-3-1-2-4-9/h5-7,9,14H,1-4,13H2. The third kappa shape index (κ3) is 2.13. The van der Waals surface area contributed by atoms with Gasteiger partial charge in [0.25, 0.3) is 0 Å². The molecule has 0 saturated heterocycles. The van der Waals surface area contributed by atoms with Crippen molar-refractivity contribution < 1.29 is 0 Å². The van der Waals surface area contributed by atoms with Crippen LogP contribution < -0.4 is 11.1 Å². The van der Waals surface area contributed by atoms with Gasteiger partial charge < -0.3 is 11.1 Å². The van der Waals surface area contributed by atoms with E-state index in [2.05, 4.69) is 5.32 Å². The number of halogens is 1. The zero-order chi connectivity index (χ0) is 9.97. The first-order valence-corrected chi connectivity index (χ1v) is 5.45. The van der Waals surface area contributed by atoms with Crippen LogP contribution in [0.5, 0.6) is 0 Å². The highest BCUT2D eigenvalue weighted by Gasteiger charge is 2.15. The molecule has 0 spiro atoms. The number of nitrogens with one attached hydrogen (secondary N) is 1. The van der Waals surface area contributed by atoms with Crippen LogP contribution >= 0.6 is 11.6 Å². The Labute approximate surface area is 89.4 Å². The van der Waals surface area contributed by atoms with Gasteiger partial charge in [0.05, 0.1) is 10.7 Å². The van der Waals surface area contributed by atoms with E-state index in [1.807, 2.05) is 12.1 Å². The van der Waals surface area contributed by atoms with Crippen molar-refractivity contribution in [3.8, 4) is 0 Å². The number of anilines is 2. The van der Waals surface area contributed by atoms with E-state index < -0.39 is 0 Å². The van der Waals surface area contributed by atoms with Gasteiger partial charge >= 0.3 is 0 Å². The molecule has 1 aromatic carbocycles. The fraction of sp³-hybridized carbons (Fsp3) is 0.455. The molecule has 3 heteroatoms. The number of hydrogen-bond acceptors (Lipinski definition) is 2. The third-order valence-electron chi connectivity index (χ3n) is 2.71. The van der Waals surface area contributed by atoms with Crippen molar-refractivity contribution in [2.75, 3.05) is 11.1 Å². The molecule has 3 N–H and O–H groups in total. The fourth-order valence-corrected chi connectivity index (χ4v) is 2.18. The summed E-state index contributed by atoms with van der Waals surface area (Å²) in [6.07, 6.45) is 5.15. The monoisotopic (exact) mass is 210 g/mol. The molecule has 0 unspecified atom stereocenters. The lowest BCUT2D eigenvalue weighted by molar-refractivity contribution is 0.755. The molecule has 76 valence electrons. The molecule has 0 aliphatic heterocycles. The van der Waals surface area contributed by atoms with Crippen LogP contribution in [-0.2, 0) is 0 Å². The van der Waals surface area contributed by atoms with Crippen LogP contribution in [0.15, 0.2) is 18.2 Å². The molecule has 14 heavy (non-hydrogen) atoms. The molecule has 0 atom stereocenters. The van der Waals surface area contributed by atoms with E-state index in [0.29, 0.717) is 11.7 Å². The van der Waals surface area contributed by atoms with Gasteiger partial charge in [0.2, 0.25) is 0 Å². The maximum absolute atomic E-state index is 6.07. The predicted molar refractivity (Wildman–Crippen MR) is 61.7 cm³/mol. The molecule has 1 saturated carbocycles. The first kappa shape index (κ1) is 9.66. The first-order valence-electron chi connectivity index (χ1n) is 5.07. The minimum atomic E-state index is 0.594. The van der Waals surface area contributed by atoms with Crippen LogP contribution in [0.25, 0.3) is 0 Å². The van der Waals surface area contributed by atoms with Crippen LogP contribution in [0.4, 0.5) is 11.4 Å². The molecule has 0 aromatic heterocycles. The van der Waals surface area contributed by atoms with Gasteiger partial charge in [0.1, 0.15) is 0 Å². The number of rotatable bonds is 2. The lowest BCUT2D eigenvalue weighted by Crippen LogP contribution is -2.14. The average Bonchev–Trinajstić information content (AvgIpc) is 2.62. The molecule has 2 nitrogen and oxygen atoms in total. The second-order valence-electron chi connectivity index (χ2n) is 3.87. The van der Waals surface area contributed by atoms with Crippen LogP contribution in [0, 0.1) is 0 Å². The average molecular weight is 211 g/mol. The van der Waals surface area contributed by atoms with Crippen molar-refractivity contribution in [1.29, 1.82) is 0 Å². The van der Waals surface area contributed by atoms with Crippen molar-refractivity contribution in [3.63, 3.8) is 0 Å². The summed E-state index contributed by atoms with van der Waals surface area (Å²) in [4.78, 5) is 0. The van der Waals surface area contributed by atoms with E-state index in [9.17, 15) is 0 Å². The largest absolute Gasteiger partial charge is 0.399 e. The molecule has 2 rings (SSSR count). The van der Waals surface area contributed by atoms with Crippen LogP contribution in [0.2, 0.25) is 5.02 Å². The molecule has 1 aromatic rings. The van der Waals surface area contributed by atoms with Gasteiger partial charge in [0, 0.05) is 11.7 Å². The zero-order valence-corrected chi connectivity index (χ0v) is 8.85. The van der Waals surface area contributed by atoms with Gasteiger partial charge in [-0.1, -0.05) is 24.4 Å². The summed E-state index contributed by atoms with van der Waals surface area (Å²) in [7, 11) is 0. The lowest BCUT2D eigenvalue weighted by Gasteiger charge is -2.14. The van der Waals surface area contributed by atoms with E-state index in [-0.39, 0.29) is 0 Å². The molecule has 1 fully saturated rings. The van der Waals surface area contributed by atoms with Gasteiger partial charge in [-0.2, -0.15) is 0 Å². The highest BCUT2D eigenvalue weighted by Crippen LogP contribution is 2.28. The van der Waals surface area contributed by atoms with Crippen molar-refractivity contribution in [2.45, 2.75) is 31.7 Å². The number of benzene rings is 1. The van der Waals surface area contributed by atoms with Crippen LogP contribution in [0.3, 0.4) is 0 Å². The van der Waals surface area contributed by atoms with Crippen LogP contribution in [-0.4, -0.2) is 6.04 Å². The number of hydrogen-bond donors (Lipinski definition) is 2. The Morgan fingerprint density at radius 3 is 2.64 bits per heavy atom. The van der Waals surface area contributed by atoms with E-state index in [0.717, 1.165) is 10.7 Å². The summed E-state index contributed by atoms with van der Waals surface area (Å²) in [5.74, 6) is 0. The molecule has 0 amide bonds. The Kier molecular flexibility index (Phi) is 2.82. The highest BCUT2D eigenvalue weighted by atomic mass is 35.5. The maximum Gasteiger partial charge on any atom is 0.0658 e. The molecular formula is C11H15ClN2. The summed E-state index contributed by atoms with van der Waals surface area (Å²) in [5.41, 5.74) is 7.35. The second-order valence-corrected chi connectivity index (χ2v) is 4.27. The minimum Gasteiger partial charge on any atom is -0.399 e. The van der Waals surface area contributed by atoms with Crippen molar-refractivity contribution in [2.24, 2.45) is 0 Å². The van der Waals surface area contributed by atoms with Crippen molar-refractivity contribution in [1.82, 2.24) is 0 Å². The first-order chi connectivity index (χ1) is 6.75. The number of nitrogens with two attached hydrogens (primary N) is 1. The molecule has 0 radical (unpaired) electrons. The SMILES string of the molecule is Nc1ccc(NC2CCCC2)c(Cl)c1. The van der Waals surface area contributed by atoms with Gasteiger partial charge in [-0.15, -0.1) is 0 Å². The lowest BCUT2D eigenvalue weighted by atomic mass is 10.2. The normalized spacial score (nSPS) is 17.2. The molecule has 0 bridgehead atoms. The second kappa shape index (κ2) is 4.09. The van der Waals surface area contributed by atoms with E-state index in [1.165, 1.54) is 25.7 Å². The Morgan fingerprint density at radius 2 is 2.00 bits per heavy atom. The maximum atomic E-state index is 6.07. The summed E-state index contributed by atoms with van der Waals surface area (Å²) in [6.45, 7) is 0. The van der Waals surface area contributed by atoms with Gasteiger partial charge in [-0.3, -0.25) is 0 Å². The Bertz CT molecular complexity index is 319.